The molecular weight excluding hydrogens is 200 g/mol. The summed E-state index contributed by atoms with van der Waals surface area (Å²) in [7, 11) is 0. The van der Waals surface area contributed by atoms with Crippen LogP contribution in [0.25, 0.3) is 0 Å². The number of hydrogen-bond acceptors (Lipinski definition) is 3. The summed E-state index contributed by atoms with van der Waals surface area (Å²) < 4.78 is 0. The van der Waals surface area contributed by atoms with Gasteiger partial charge in [0.2, 0.25) is 0 Å². The number of aliphatic hydroxyl groups excluding tert-OH is 1. The Morgan fingerprint density at radius 3 is 2.75 bits per heavy atom. The zero-order valence-corrected chi connectivity index (χ0v) is 10.1. The van der Waals surface area contributed by atoms with Crippen LogP contribution in [0.15, 0.2) is 18.3 Å². The first-order valence-electron chi connectivity index (χ1n) is 6.16. The average Bonchev–Trinajstić information content (AvgIpc) is 2.33. The molecule has 1 aromatic heterocycles. The Labute approximate surface area is 97.9 Å². The molecule has 0 radical (unpaired) electrons. The third-order valence-electron chi connectivity index (χ3n) is 2.56. The van der Waals surface area contributed by atoms with Crippen LogP contribution in [0.2, 0.25) is 0 Å². The number of unbranched alkanes of at least 4 members (excludes halogenated alkanes) is 3. The van der Waals surface area contributed by atoms with Crippen LogP contribution >= 0.6 is 0 Å². The highest BCUT2D eigenvalue weighted by Gasteiger charge is 1.96. The van der Waals surface area contributed by atoms with Crippen molar-refractivity contribution in [1.82, 2.24) is 4.98 Å². The summed E-state index contributed by atoms with van der Waals surface area (Å²) >= 11 is 0. The van der Waals surface area contributed by atoms with Crippen molar-refractivity contribution in [2.24, 2.45) is 0 Å². The van der Waals surface area contributed by atoms with Gasteiger partial charge in [-0.1, -0.05) is 32.3 Å². The maximum absolute atomic E-state index is 8.66. The standard InChI is InChI=1S/C13H22N2O/c1-2-3-4-5-6-12-7-8-13(15-11-12)14-9-10-16/h7-8,11,16H,2-6,9-10H2,1H3,(H,14,15). The lowest BCUT2D eigenvalue weighted by molar-refractivity contribution is 0.311. The van der Waals surface area contributed by atoms with Crippen molar-refractivity contribution < 1.29 is 5.11 Å². The van der Waals surface area contributed by atoms with E-state index in [4.69, 9.17) is 5.11 Å². The van der Waals surface area contributed by atoms with Crippen LogP contribution in [0.3, 0.4) is 0 Å². The third-order valence-corrected chi connectivity index (χ3v) is 2.56. The smallest absolute Gasteiger partial charge is 0.125 e. The lowest BCUT2D eigenvalue weighted by atomic mass is 10.1. The first kappa shape index (κ1) is 13.0. The van der Waals surface area contributed by atoms with Crippen LogP contribution < -0.4 is 5.32 Å². The number of rotatable bonds is 8. The summed E-state index contributed by atoms with van der Waals surface area (Å²) in [6, 6.07) is 4.09. The predicted molar refractivity (Wildman–Crippen MR) is 67.7 cm³/mol. The van der Waals surface area contributed by atoms with Gasteiger partial charge in [0.05, 0.1) is 6.61 Å². The fourth-order valence-corrected chi connectivity index (χ4v) is 1.62. The fraction of sp³-hybridized carbons (Fsp3) is 0.615. The van der Waals surface area contributed by atoms with Crippen molar-refractivity contribution in [1.29, 1.82) is 0 Å². The van der Waals surface area contributed by atoms with Gasteiger partial charge in [0.25, 0.3) is 0 Å². The number of hydrogen-bond donors (Lipinski definition) is 2. The van der Waals surface area contributed by atoms with Gasteiger partial charge in [-0.05, 0) is 24.5 Å². The average molecular weight is 222 g/mol. The van der Waals surface area contributed by atoms with Gasteiger partial charge in [0.1, 0.15) is 5.82 Å². The van der Waals surface area contributed by atoms with Crippen LogP contribution in [0, 0.1) is 0 Å². The van der Waals surface area contributed by atoms with Gasteiger partial charge in [-0.2, -0.15) is 0 Å². The molecule has 0 saturated carbocycles. The van der Waals surface area contributed by atoms with Gasteiger partial charge in [-0.25, -0.2) is 4.98 Å². The van der Waals surface area contributed by atoms with Crippen molar-refractivity contribution in [3.63, 3.8) is 0 Å². The molecule has 0 amide bonds. The minimum absolute atomic E-state index is 0.139. The minimum atomic E-state index is 0.139. The second-order valence-corrected chi connectivity index (χ2v) is 4.01. The Hall–Kier alpha value is -1.09. The van der Waals surface area contributed by atoms with Crippen molar-refractivity contribution in [3.8, 4) is 0 Å². The van der Waals surface area contributed by atoms with E-state index in [0.29, 0.717) is 6.54 Å². The highest BCUT2D eigenvalue weighted by molar-refractivity contribution is 5.35. The summed E-state index contributed by atoms with van der Waals surface area (Å²) in [5.41, 5.74) is 1.30. The number of anilines is 1. The summed E-state index contributed by atoms with van der Waals surface area (Å²) in [5.74, 6) is 0.839. The molecule has 90 valence electrons. The van der Waals surface area contributed by atoms with Crippen molar-refractivity contribution in [2.45, 2.75) is 39.0 Å². The lowest BCUT2D eigenvalue weighted by Crippen LogP contribution is -2.06. The number of nitrogens with zero attached hydrogens (tertiary/aromatic N) is 1. The Kier molecular flexibility index (Phi) is 6.58. The quantitative estimate of drug-likeness (QED) is 0.665. The van der Waals surface area contributed by atoms with E-state index >= 15 is 0 Å². The van der Waals surface area contributed by atoms with E-state index in [9.17, 15) is 0 Å². The first-order valence-corrected chi connectivity index (χ1v) is 6.16. The Morgan fingerprint density at radius 2 is 2.12 bits per heavy atom. The van der Waals surface area contributed by atoms with E-state index in [1.807, 2.05) is 12.3 Å². The SMILES string of the molecule is CCCCCCc1ccc(NCCO)nc1. The van der Waals surface area contributed by atoms with Crippen LogP contribution in [0.5, 0.6) is 0 Å². The van der Waals surface area contributed by atoms with E-state index in [1.165, 1.54) is 31.2 Å². The molecule has 0 bridgehead atoms. The molecule has 0 aliphatic rings. The molecule has 0 aliphatic carbocycles. The minimum Gasteiger partial charge on any atom is -0.395 e. The molecule has 1 aromatic rings. The van der Waals surface area contributed by atoms with Gasteiger partial charge >= 0.3 is 0 Å². The summed E-state index contributed by atoms with van der Waals surface area (Å²) in [4.78, 5) is 4.29. The van der Waals surface area contributed by atoms with Crippen molar-refractivity contribution in [3.05, 3.63) is 23.9 Å². The molecule has 3 nitrogen and oxygen atoms in total. The molecule has 0 saturated heterocycles. The number of aliphatic hydroxyl groups is 1. The number of aryl methyl sites for hydroxylation is 1. The van der Waals surface area contributed by atoms with Gasteiger partial charge in [0, 0.05) is 12.7 Å². The van der Waals surface area contributed by atoms with Crippen LogP contribution in [-0.2, 0) is 6.42 Å². The van der Waals surface area contributed by atoms with Gasteiger partial charge in [-0.15, -0.1) is 0 Å². The molecule has 1 rings (SSSR count). The molecular formula is C13H22N2O. The Balaban J connectivity index is 2.27. The van der Waals surface area contributed by atoms with Gasteiger partial charge in [-0.3, -0.25) is 0 Å². The maximum Gasteiger partial charge on any atom is 0.125 e. The van der Waals surface area contributed by atoms with Crippen molar-refractivity contribution >= 4 is 5.82 Å². The highest BCUT2D eigenvalue weighted by Crippen LogP contribution is 2.09. The molecule has 16 heavy (non-hydrogen) atoms. The van der Waals surface area contributed by atoms with E-state index in [1.54, 1.807) is 0 Å². The van der Waals surface area contributed by atoms with Crippen molar-refractivity contribution in [2.75, 3.05) is 18.5 Å². The van der Waals surface area contributed by atoms with E-state index in [-0.39, 0.29) is 6.61 Å². The number of aromatic nitrogens is 1. The topological polar surface area (TPSA) is 45.1 Å². The largest absolute Gasteiger partial charge is 0.395 e. The lowest BCUT2D eigenvalue weighted by Gasteiger charge is -2.05. The molecule has 0 aromatic carbocycles. The highest BCUT2D eigenvalue weighted by atomic mass is 16.3. The predicted octanol–water partition coefficient (Wildman–Crippen LogP) is 2.61. The summed E-state index contributed by atoms with van der Waals surface area (Å²) in [5, 5.41) is 11.7. The summed E-state index contributed by atoms with van der Waals surface area (Å²) in [6.07, 6.45) is 8.20. The molecule has 3 heteroatoms. The second kappa shape index (κ2) is 8.11. The fourth-order valence-electron chi connectivity index (χ4n) is 1.62. The molecule has 0 fully saturated rings. The van der Waals surface area contributed by atoms with Gasteiger partial charge in [0.15, 0.2) is 0 Å². The monoisotopic (exact) mass is 222 g/mol. The van der Waals surface area contributed by atoms with E-state index in [0.717, 1.165) is 12.2 Å². The van der Waals surface area contributed by atoms with Crippen LogP contribution in [0.1, 0.15) is 38.2 Å². The van der Waals surface area contributed by atoms with Crippen LogP contribution in [-0.4, -0.2) is 23.2 Å². The Bertz CT molecular complexity index is 272. The molecule has 0 spiro atoms. The molecule has 1 heterocycles. The third kappa shape index (κ3) is 5.12. The molecule has 0 aliphatic heterocycles. The first-order chi connectivity index (χ1) is 7.86. The second-order valence-electron chi connectivity index (χ2n) is 4.01. The molecule has 0 atom stereocenters. The normalized spacial score (nSPS) is 10.4. The van der Waals surface area contributed by atoms with E-state index < -0.39 is 0 Å². The number of nitrogens with one attached hydrogen (secondary N) is 1. The van der Waals surface area contributed by atoms with E-state index in [2.05, 4.69) is 23.3 Å². The van der Waals surface area contributed by atoms with Crippen LogP contribution in [0.4, 0.5) is 5.82 Å². The Morgan fingerprint density at radius 1 is 1.25 bits per heavy atom. The number of pyridine rings is 1. The van der Waals surface area contributed by atoms with Gasteiger partial charge < -0.3 is 10.4 Å². The molecule has 0 unspecified atom stereocenters. The molecule has 2 N–H and O–H groups in total. The summed E-state index contributed by atoms with van der Waals surface area (Å²) in [6.45, 7) is 2.92. The zero-order chi connectivity index (χ0) is 11.6. The zero-order valence-electron chi connectivity index (χ0n) is 10.1. The maximum atomic E-state index is 8.66.